The third kappa shape index (κ3) is 4.23. The van der Waals surface area contributed by atoms with Crippen molar-refractivity contribution in [3.8, 4) is 0 Å². The van der Waals surface area contributed by atoms with Crippen molar-refractivity contribution >= 4 is 21.6 Å². The Hall–Kier alpha value is -2.38. The zero-order valence-corrected chi connectivity index (χ0v) is 16.5. The van der Waals surface area contributed by atoms with E-state index in [0.717, 1.165) is 9.87 Å². The van der Waals surface area contributed by atoms with Crippen LogP contribution in [-0.4, -0.2) is 46.8 Å². The van der Waals surface area contributed by atoms with Gasteiger partial charge in [-0.15, -0.1) is 0 Å². The van der Waals surface area contributed by atoms with Crippen molar-refractivity contribution in [3.05, 3.63) is 59.7 Å². The van der Waals surface area contributed by atoms with Crippen molar-refractivity contribution in [1.29, 1.82) is 0 Å². The van der Waals surface area contributed by atoms with Gasteiger partial charge in [-0.1, -0.05) is 30.3 Å². The zero-order chi connectivity index (χ0) is 19.5. The Morgan fingerprint density at radius 3 is 2.15 bits per heavy atom. The van der Waals surface area contributed by atoms with Crippen LogP contribution >= 0.6 is 0 Å². The van der Waals surface area contributed by atoms with E-state index in [1.54, 1.807) is 31.1 Å². The van der Waals surface area contributed by atoms with Crippen LogP contribution in [0.4, 0.5) is 5.69 Å². The topological polar surface area (TPSA) is 69.7 Å². The number of nitrogens with zero attached hydrogens (tertiary/aromatic N) is 2. The fourth-order valence-corrected chi connectivity index (χ4v) is 3.72. The summed E-state index contributed by atoms with van der Waals surface area (Å²) in [7, 11) is 2.80. The van der Waals surface area contributed by atoms with Crippen molar-refractivity contribution in [1.82, 2.24) is 9.62 Å². The number of hydrogen-bond donors (Lipinski definition) is 1. The van der Waals surface area contributed by atoms with Gasteiger partial charge < -0.3 is 10.2 Å². The van der Waals surface area contributed by atoms with Gasteiger partial charge in [0.2, 0.25) is 10.0 Å². The van der Waals surface area contributed by atoms with Crippen LogP contribution in [0.25, 0.3) is 0 Å². The monoisotopic (exact) mass is 375 g/mol. The van der Waals surface area contributed by atoms with Crippen molar-refractivity contribution < 1.29 is 13.2 Å². The number of rotatable bonds is 6. The predicted molar refractivity (Wildman–Crippen MR) is 104 cm³/mol. The summed E-state index contributed by atoms with van der Waals surface area (Å²) < 4.78 is 26.4. The molecular formula is C19H25N3O3S. The maximum absolute atomic E-state index is 12.6. The number of anilines is 1. The minimum absolute atomic E-state index is 0.104. The predicted octanol–water partition coefficient (Wildman–Crippen LogP) is 2.49. The molecule has 0 bridgehead atoms. The second-order valence-corrected chi connectivity index (χ2v) is 8.59. The minimum Gasteiger partial charge on any atom is -0.377 e. The van der Waals surface area contributed by atoms with Crippen molar-refractivity contribution in [2.45, 2.75) is 17.9 Å². The van der Waals surface area contributed by atoms with Gasteiger partial charge in [0.25, 0.3) is 5.91 Å². The average Bonchev–Trinajstić information content (AvgIpc) is 2.61. The maximum atomic E-state index is 12.6. The van der Waals surface area contributed by atoms with Crippen LogP contribution in [-0.2, 0) is 10.0 Å². The summed E-state index contributed by atoms with van der Waals surface area (Å²) in [5.74, 6) is -0.318. The molecule has 0 spiro atoms. The van der Waals surface area contributed by atoms with Gasteiger partial charge >= 0.3 is 0 Å². The second-order valence-electron chi connectivity index (χ2n) is 6.47. The second kappa shape index (κ2) is 7.88. The standard InChI is InChI=1S/C19H25N3O3S/c1-14(15-9-7-6-8-10-15)20-19(23)16-11-12-17(21(2)3)18(13-16)26(24,25)22(4)5/h6-14H,1-5H3,(H,20,23)/t14-/m1/s1. The highest BCUT2D eigenvalue weighted by Gasteiger charge is 2.24. The summed E-state index contributed by atoms with van der Waals surface area (Å²) in [6.45, 7) is 1.89. The molecule has 2 aromatic carbocycles. The lowest BCUT2D eigenvalue weighted by Gasteiger charge is -2.21. The largest absolute Gasteiger partial charge is 0.377 e. The first-order valence-electron chi connectivity index (χ1n) is 8.24. The van der Waals surface area contributed by atoms with Gasteiger partial charge in [0, 0.05) is 33.8 Å². The van der Waals surface area contributed by atoms with Crippen molar-refractivity contribution in [3.63, 3.8) is 0 Å². The van der Waals surface area contributed by atoms with Gasteiger partial charge in [-0.25, -0.2) is 12.7 Å². The van der Waals surface area contributed by atoms with E-state index in [1.807, 2.05) is 37.3 Å². The lowest BCUT2D eigenvalue weighted by atomic mass is 10.1. The number of amides is 1. The molecule has 1 N–H and O–H groups in total. The Kier molecular flexibility index (Phi) is 6.05. The van der Waals surface area contributed by atoms with Gasteiger partial charge in [-0.3, -0.25) is 4.79 Å². The molecule has 0 fully saturated rings. The molecule has 0 unspecified atom stereocenters. The first-order chi connectivity index (χ1) is 12.1. The van der Waals surface area contributed by atoms with Crippen LogP contribution in [0, 0.1) is 0 Å². The molecule has 0 aromatic heterocycles. The third-order valence-corrected chi connectivity index (χ3v) is 5.95. The molecular weight excluding hydrogens is 350 g/mol. The van der Waals surface area contributed by atoms with E-state index in [1.165, 1.54) is 20.2 Å². The summed E-state index contributed by atoms with van der Waals surface area (Å²) in [5, 5.41) is 2.91. The highest BCUT2D eigenvalue weighted by Crippen LogP contribution is 2.27. The average molecular weight is 375 g/mol. The molecule has 26 heavy (non-hydrogen) atoms. The summed E-state index contributed by atoms with van der Waals surface area (Å²) in [4.78, 5) is 14.4. The molecule has 2 rings (SSSR count). The molecule has 0 saturated heterocycles. The van der Waals surface area contributed by atoms with Crippen LogP contribution < -0.4 is 10.2 Å². The van der Waals surface area contributed by atoms with Gasteiger partial charge in [0.05, 0.1) is 11.7 Å². The van der Waals surface area contributed by atoms with E-state index in [-0.39, 0.29) is 16.8 Å². The van der Waals surface area contributed by atoms with Crippen molar-refractivity contribution in [2.75, 3.05) is 33.1 Å². The molecule has 0 saturated carbocycles. The summed E-state index contributed by atoms with van der Waals surface area (Å²) in [5.41, 5.74) is 1.82. The Labute approximate surface area is 155 Å². The summed E-state index contributed by atoms with van der Waals surface area (Å²) in [6, 6.07) is 14.1. The highest BCUT2D eigenvalue weighted by atomic mass is 32.2. The zero-order valence-electron chi connectivity index (χ0n) is 15.7. The minimum atomic E-state index is -3.68. The Bertz CT molecular complexity index is 878. The van der Waals surface area contributed by atoms with E-state index in [9.17, 15) is 13.2 Å². The number of hydrogen-bond acceptors (Lipinski definition) is 4. The number of nitrogens with one attached hydrogen (secondary N) is 1. The normalized spacial score (nSPS) is 12.7. The van der Waals surface area contributed by atoms with Gasteiger partial charge in [-0.05, 0) is 30.7 Å². The molecule has 7 heteroatoms. The number of sulfonamides is 1. The molecule has 0 heterocycles. The van der Waals surface area contributed by atoms with Gasteiger partial charge in [-0.2, -0.15) is 0 Å². The molecule has 140 valence electrons. The molecule has 0 aliphatic carbocycles. The molecule has 2 aromatic rings. The fraction of sp³-hybridized carbons (Fsp3) is 0.316. The van der Waals surface area contributed by atoms with Crippen LogP contribution in [0.5, 0.6) is 0 Å². The summed E-state index contributed by atoms with van der Waals surface area (Å²) in [6.07, 6.45) is 0. The van der Waals surface area contributed by atoms with Crippen LogP contribution in [0.1, 0.15) is 28.9 Å². The van der Waals surface area contributed by atoms with E-state index in [2.05, 4.69) is 5.32 Å². The van der Waals surface area contributed by atoms with Crippen LogP contribution in [0.15, 0.2) is 53.4 Å². The van der Waals surface area contributed by atoms with Gasteiger partial charge in [0.15, 0.2) is 0 Å². The lowest BCUT2D eigenvalue weighted by molar-refractivity contribution is 0.0939. The molecule has 0 aliphatic rings. The number of benzene rings is 2. The third-order valence-electron chi connectivity index (χ3n) is 4.11. The fourth-order valence-electron chi connectivity index (χ4n) is 2.53. The van der Waals surface area contributed by atoms with E-state index >= 15 is 0 Å². The Morgan fingerprint density at radius 2 is 1.62 bits per heavy atom. The first-order valence-corrected chi connectivity index (χ1v) is 9.68. The summed E-state index contributed by atoms with van der Waals surface area (Å²) >= 11 is 0. The molecule has 6 nitrogen and oxygen atoms in total. The van der Waals surface area contributed by atoms with Gasteiger partial charge in [0.1, 0.15) is 4.90 Å². The van der Waals surface area contributed by atoms with Crippen LogP contribution in [0.3, 0.4) is 0 Å². The van der Waals surface area contributed by atoms with E-state index in [0.29, 0.717) is 11.3 Å². The Morgan fingerprint density at radius 1 is 1.00 bits per heavy atom. The van der Waals surface area contributed by atoms with Crippen LogP contribution in [0.2, 0.25) is 0 Å². The molecule has 1 atom stereocenters. The molecule has 0 aliphatic heterocycles. The van der Waals surface area contributed by atoms with E-state index in [4.69, 9.17) is 0 Å². The SMILES string of the molecule is C[C@@H](NC(=O)c1ccc(N(C)C)c(S(=O)(=O)N(C)C)c1)c1ccccc1. The highest BCUT2D eigenvalue weighted by molar-refractivity contribution is 7.89. The molecule has 0 radical (unpaired) electrons. The lowest BCUT2D eigenvalue weighted by Crippen LogP contribution is -2.28. The number of carbonyl (C=O) groups excluding carboxylic acids is 1. The maximum Gasteiger partial charge on any atom is 0.251 e. The number of carbonyl (C=O) groups is 1. The Balaban J connectivity index is 2.37. The van der Waals surface area contributed by atoms with E-state index < -0.39 is 10.0 Å². The smallest absolute Gasteiger partial charge is 0.251 e. The first kappa shape index (κ1) is 19.9. The van der Waals surface area contributed by atoms with Crippen molar-refractivity contribution in [2.24, 2.45) is 0 Å². The molecule has 1 amide bonds. The quantitative estimate of drug-likeness (QED) is 0.842.